The van der Waals surface area contributed by atoms with E-state index in [1.807, 2.05) is 19.1 Å². The van der Waals surface area contributed by atoms with Crippen molar-refractivity contribution in [2.45, 2.75) is 91.4 Å². The lowest BCUT2D eigenvalue weighted by molar-refractivity contribution is -0.144. The van der Waals surface area contributed by atoms with Crippen LogP contribution in [0.15, 0.2) is 23.0 Å². The number of aryl methyl sites for hydroxylation is 2. The van der Waals surface area contributed by atoms with Crippen molar-refractivity contribution in [1.82, 2.24) is 30.1 Å². The summed E-state index contributed by atoms with van der Waals surface area (Å²) in [4.78, 5) is 30.8. The van der Waals surface area contributed by atoms with E-state index in [1.165, 1.54) is 6.42 Å². The van der Waals surface area contributed by atoms with Crippen LogP contribution < -0.4 is 5.56 Å². The fourth-order valence-corrected chi connectivity index (χ4v) is 5.39. The molecule has 2 aromatic heterocycles. The maximum Gasteiger partial charge on any atom is 0.327 e. The number of H-pyrrole nitrogens is 1. The minimum Gasteiger partial charge on any atom is -0.465 e. The lowest BCUT2D eigenvalue weighted by Gasteiger charge is -2.39. The molecule has 1 aliphatic rings. The van der Waals surface area contributed by atoms with Crippen molar-refractivity contribution in [2.24, 2.45) is 0 Å². The van der Waals surface area contributed by atoms with E-state index in [2.05, 4.69) is 45.3 Å². The summed E-state index contributed by atoms with van der Waals surface area (Å²) in [7, 11) is 0. The number of ether oxygens (including phenoxy) is 1. The molecule has 0 unspecified atom stereocenters. The third-order valence-corrected chi connectivity index (χ3v) is 7.02. The van der Waals surface area contributed by atoms with Crippen LogP contribution in [0.4, 0.5) is 0 Å². The summed E-state index contributed by atoms with van der Waals surface area (Å²) in [6.07, 6.45) is 6.45. The largest absolute Gasteiger partial charge is 0.465 e. The maximum absolute atomic E-state index is 13.2. The highest BCUT2D eigenvalue weighted by Crippen LogP contribution is 2.33. The number of aromatic amines is 1. The van der Waals surface area contributed by atoms with Gasteiger partial charge in [0.1, 0.15) is 6.54 Å². The molecule has 9 nitrogen and oxygen atoms in total. The van der Waals surface area contributed by atoms with Gasteiger partial charge in [0.05, 0.1) is 12.6 Å². The maximum atomic E-state index is 13.2. The highest BCUT2D eigenvalue weighted by molar-refractivity contribution is 5.83. The normalized spacial score (nSPS) is 15.6. The Balaban J connectivity index is 1.72. The van der Waals surface area contributed by atoms with Gasteiger partial charge >= 0.3 is 5.97 Å². The highest BCUT2D eigenvalue weighted by atomic mass is 16.5. The number of rotatable bonds is 9. The fraction of sp³-hybridized carbons (Fsp3) is 0.577. The molecular formula is C26H36N6O3. The number of fused-ring (bicyclic) bond motifs is 1. The molecule has 35 heavy (non-hydrogen) atoms. The van der Waals surface area contributed by atoms with Gasteiger partial charge in [0, 0.05) is 29.1 Å². The number of hydrogen-bond acceptors (Lipinski definition) is 7. The Morgan fingerprint density at radius 2 is 1.97 bits per heavy atom. The minimum absolute atomic E-state index is 0.0275. The van der Waals surface area contributed by atoms with E-state index in [0.29, 0.717) is 25.0 Å². The Kier molecular flexibility index (Phi) is 7.95. The predicted octanol–water partition coefficient (Wildman–Crippen LogP) is 3.98. The molecule has 1 N–H and O–H groups in total. The standard InChI is InChI=1S/C26H36N6O3/c1-5-23(25-28-29-30-32(25)16-24(33)35-6-2)31(20-10-8-7-9-11-20)15-19-14-21-18(4)12-17(3)13-22(21)27-26(19)34/h12-14,20,23H,5-11,15-16H2,1-4H3,(H,27,34)/t23-/m0/s1. The fourth-order valence-electron chi connectivity index (χ4n) is 5.39. The molecule has 0 saturated heterocycles. The van der Waals surface area contributed by atoms with Crippen molar-refractivity contribution >= 4 is 16.9 Å². The third-order valence-electron chi connectivity index (χ3n) is 7.02. The van der Waals surface area contributed by atoms with Crippen molar-refractivity contribution in [3.05, 3.63) is 51.1 Å². The number of pyridine rings is 1. The number of nitrogens with one attached hydrogen (secondary N) is 1. The van der Waals surface area contributed by atoms with E-state index >= 15 is 0 Å². The van der Waals surface area contributed by atoms with Crippen LogP contribution in [-0.2, 0) is 22.6 Å². The zero-order valence-electron chi connectivity index (χ0n) is 21.2. The van der Waals surface area contributed by atoms with Gasteiger partial charge in [-0.3, -0.25) is 14.5 Å². The molecule has 1 aliphatic carbocycles. The number of carbonyl (C=O) groups excluding carboxylic acids is 1. The van der Waals surface area contributed by atoms with E-state index in [9.17, 15) is 9.59 Å². The Morgan fingerprint density at radius 1 is 1.20 bits per heavy atom. The van der Waals surface area contributed by atoms with Gasteiger partial charge in [0.25, 0.3) is 5.56 Å². The van der Waals surface area contributed by atoms with Crippen LogP contribution in [0.25, 0.3) is 10.9 Å². The van der Waals surface area contributed by atoms with Crippen LogP contribution in [-0.4, -0.2) is 48.7 Å². The van der Waals surface area contributed by atoms with Crippen LogP contribution in [0.1, 0.15) is 80.9 Å². The van der Waals surface area contributed by atoms with Crippen LogP contribution in [0, 0.1) is 13.8 Å². The lowest BCUT2D eigenvalue weighted by atomic mass is 9.92. The smallest absolute Gasteiger partial charge is 0.327 e. The summed E-state index contributed by atoms with van der Waals surface area (Å²) in [6.45, 7) is 8.77. The molecule has 9 heteroatoms. The van der Waals surface area contributed by atoms with Crippen molar-refractivity contribution < 1.29 is 9.53 Å². The first kappa shape index (κ1) is 25.0. The van der Waals surface area contributed by atoms with E-state index in [0.717, 1.165) is 59.7 Å². The number of carbonyl (C=O) groups is 1. The second-order valence-electron chi connectivity index (χ2n) is 9.55. The number of aromatic nitrogens is 5. The summed E-state index contributed by atoms with van der Waals surface area (Å²) in [5.74, 6) is 0.270. The van der Waals surface area contributed by atoms with Crippen molar-refractivity contribution in [3.8, 4) is 0 Å². The van der Waals surface area contributed by atoms with Gasteiger partial charge in [-0.1, -0.05) is 32.3 Å². The van der Waals surface area contributed by atoms with Crippen molar-refractivity contribution in [1.29, 1.82) is 0 Å². The SMILES string of the molecule is CCOC(=O)Cn1nnnc1[C@H](CC)N(Cc1cc2c(C)cc(C)cc2[nH]c1=O)C1CCCCC1. The molecule has 4 rings (SSSR count). The average molecular weight is 481 g/mol. The summed E-state index contributed by atoms with van der Waals surface area (Å²) >= 11 is 0. The Labute approximate surface area is 205 Å². The molecular weight excluding hydrogens is 444 g/mol. The van der Waals surface area contributed by atoms with Crippen LogP contribution in [0.3, 0.4) is 0 Å². The van der Waals surface area contributed by atoms with Gasteiger partial charge in [-0.15, -0.1) is 5.10 Å². The first-order valence-electron chi connectivity index (χ1n) is 12.7. The number of hydrogen-bond donors (Lipinski definition) is 1. The Bertz CT molecular complexity index is 1230. The lowest BCUT2D eigenvalue weighted by Crippen LogP contribution is -2.41. The summed E-state index contributed by atoms with van der Waals surface area (Å²) in [6, 6.07) is 6.38. The minimum atomic E-state index is -0.364. The van der Waals surface area contributed by atoms with E-state index in [1.54, 1.807) is 11.6 Å². The number of nitrogens with zero attached hydrogens (tertiary/aromatic N) is 5. The van der Waals surface area contributed by atoms with Gasteiger partial charge < -0.3 is 9.72 Å². The van der Waals surface area contributed by atoms with Crippen LogP contribution in [0.5, 0.6) is 0 Å². The quantitative estimate of drug-likeness (QED) is 0.462. The molecule has 0 radical (unpaired) electrons. The number of esters is 1. The van der Waals surface area contributed by atoms with E-state index in [-0.39, 0.29) is 24.1 Å². The number of tetrazole rings is 1. The molecule has 0 amide bonds. The molecule has 2 heterocycles. The highest BCUT2D eigenvalue weighted by Gasteiger charge is 2.32. The van der Waals surface area contributed by atoms with Gasteiger partial charge in [-0.25, -0.2) is 4.68 Å². The average Bonchev–Trinajstić information content (AvgIpc) is 3.27. The first-order valence-corrected chi connectivity index (χ1v) is 12.7. The molecule has 188 valence electrons. The molecule has 1 aromatic carbocycles. The molecule has 1 fully saturated rings. The Morgan fingerprint density at radius 3 is 2.69 bits per heavy atom. The third kappa shape index (κ3) is 5.61. The molecule has 0 bridgehead atoms. The van der Waals surface area contributed by atoms with Crippen molar-refractivity contribution in [2.75, 3.05) is 6.61 Å². The number of benzene rings is 1. The van der Waals surface area contributed by atoms with Crippen LogP contribution in [0.2, 0.25) is 0 Å². The second-order valence-corrected chi connectivity index (χ2v) is 9.55. The van der Waals surface area contributed by atoms with E-state index < -0.39 is 0 Å². The molecule has 0 aliphatic heterocycles. The van der Waals surface area contributed by atoms with Gasteiger partial charge in [-0.2, -0.15) is 0 Å². The predicted molar refractivity (Wildman–Crippen MR) is 134 cm³/mol. The monoisotopic (exact) mass is 480 g/mol. The molecule has 3 aromatic rings. The summed E-state index contributed by atoms with van der Waals surface area (Å²) in [5.41, 5.74) is 3.81. The van der Waals surface area contributed by atoms with Gasteiger partial charge in [-0.05, 0) is 73.7 Å². The van der Waals surface area contributed by atoms with E-state index in [4.69, 9.17) is 4.74 Å². The molecule has 1 atom stereocenters. The first-order chi connectivity index (χ1) is 16.9. The summed E-state index contributed by atoms with van der Waals surface area (Å²) in [5, 5.41) is 13.3. The topological polar surface area (TPSA) is 106 Å². The van der Waals surface area contributed by atoms with Crippen LogP contribution >= 0.6 is 0 Å². The molecule has 0 spiro atoms. The van der Waals surface area contributed by atoms with Gasteiger partial charge in [0.15, 0.2) is 5.82 Å². The Hall–Kier alpha value is -3.07. The zero-order chi connectivity index (χ0) is 24.9. The summed E-state index contributed by atoms with van der Waals surface area (Å²) < 4.78 is 6.66. The molecule has 1 saturated carbocycles. The second kappa shape index (κ2) is 11.1. The van der Waals surface area contributed by atoms with Gasteiger partial charge in [0.2, 0.25) is 0 Å². The zero-order valence-corrected chi connectivity index (χ0v) is 21.2. The van der Waals surface area contributed by atoms with Crippen molar-refractivity contribution in [3.63, 3.8) is 0 Å².